The van der Waals surface area contributed by atoms with Crippen molar-refractivity contribution in [2.24, 2.45) is 10.3 Å². The number of fused-ring (bicyclic) bond motifs is 1. The number of carbonyl (C=O) groups excluding carboxylic acids is 2. The normalized spacial score (nSPS) is 18.5. The summed E-state index contributed by atoms with van der Waals surface area (Å²) in [7, 11) is 0.389. The van der Waals surface area contributed by atoms with Crippen molar-refractivity contribution in [3.05, 3.63) is 47.5 Å². The third-order valence-electron chi connectivity index (χ3n) is 5.89. The van der Waals surface area contributed by atoms with Crippen LogP contribution in [-0.4, -0.2) is 65.4 Å². The molecule has 0 aliphatic carbocycles. The van der Waals surface area contributed by atoms with Crippen molar-refractivity contribution in [1.29, 1.82) is 0 Å². The lowest BCUT2D eigenvalue weighted by atomic mass is 9.96. The Balaban J connectivity index is 1.58. The van der Waals surface area contributed by atoms with Gasteiger partial charge in [0.15, 0.2) is 17.3 Å². The number of ether oxygens (including phenoxy) is 3. The van der Waals surface area contributed by atoms with E-state index >= 15 is 0 Å². The number of likely N-dealkylation sites (tertiary alicyclic amines) is 1. The zero-order valence-electron chi connectivity index (χ0n) is 19.0. The Kier molecular flexibility index (Phi) is 6.47. The number of methoxy groups -OCH3 is 3. The molecular formula is C23H25N3O7S. The molecule has 0 radical (unpaired) electrons. The molecule has 34 heavy (non-hydrogen) atoms. The maximum Gasteiger partial charge on any atom is 0.340 e. The van der Waals surface area contributed by atoms with Gasteiger partial charge in [0.1, 0.15) is 4.90 Å². The van der Waals surface area contributed by atoms with Crippen LogP contribution in [0.25, 0.3) is 0 Å². The van der Waals surface area contributed by atoms with Gasteiger partial charge in [0.25, 0.3) is 10.0 Å². The maximum atomic E-state index is 13.2. The number of esters is 1. The quantitative estimate of drug-likeness (QED) is 0.637. The number of amidine groups is 1. The zero-order chi connectivity index (χ0) is 24.5. The van der Waals surface area contributed by atoms with Crippen LogP contribution in [0.3, 0.4) is 0 Å². The molecule has 0 unspecified atom stereocenters. The molecule has 0 spiro atoms. The van der Waals surface area contributed by atoms with Crippen molar-refractivity contribution in [3.63, 3.8) is 0 Å². The molecular weight excluding hydrogens is 462 g/mol. The molecule has 180 valence electrons. The van der Waals surface area contributed by atoms with Gasteiger partial charge in [-0.25, -0.2) is 4.79 Å². The molecule has 1 atom stereocenters. The fourth-order valence-electron chi connectivity index (χ4n) is 4.20. The first-order valence-electron chi connectivity index (χ1n) is 10.6. The molecule has 2 aliphatic heterocycles. The third kappa shape index (κ3) is 4.30. The lowest BCUT2D eigenvalue weighted by molar-refractivity contribution is -0.121. The van der Waals surface area contributed by atoms with Gasteiger partial charge in [-0.1, -0.05) is 12.1 Å². The van der Waals surface area contributed by atoms with Crippen LogP contribution in [0, 0.1) is 5.92 Å². The number of nitrogens with zero attached hydrogens (tertiary/aromatic N) is 2. The van der Waals surface area contributed by atoms with Gasteiger partial charge in [0.2, 0.25) is 5.91 Å². The van der Waals surface area contributed by atoms with Gasteiger partial charge in [-0.15, -0.1) is 4.40 Å². The number of piperidine rings is 1. The third-order valence-corrected chi connectivity index (χ3v) is 7.22. The second-order valence-corrected chi connectivity index (χ2v) is 9.48. The van der Waals surface area contributed by atoms with Crippen molar-refractivity contribution < 1.29 is 32.2 Å². The molecule has 0 aromatic heterocycles. The van der Waals surface area contributed by atoms with Gasteiger partial charge in [-0.2, -0.15) is 8.42 Å². The number of hydrogen-bond acceptors (Lipinski definition) is 8. The number of carbonyl (C=O) groups is 2. The number of benzene rings is 2. The highest BCUT2D eigenvalue weighted by molar-refractivity contribution is 7.90. The maximum absolute atomic E-state index is 13.2. The Morgan fingerprint density at radius 2 is 1.79 bits per heavy atom. The van der Waals surface area contributed by atoms with E-state index in [2.05, 4.69) is 9.71 Å². The van der Waals surface area contributed by atoms with Gasteiger partial charge in [0, 0.05) is 30.8 Å². The van der Waals surface area contributed by atoms with Crippen molar-refractivity contribution in [1.82, 2.24) is 4.90 Å². The smallest absolute Gasteiger partial charge is 0.340 e. The summed E-state index contributed by atoms with van der Waals surface area (Å²) in [4.78, 5) is 27.5. The van der Waals surface area contributed by atoms with Crippen LogP contribution in [0.4, 0.5) is 5.69 Å². The molecule has 1 N–H and O–H groups in total. The van der Waals surface area contributed by atoms with Crippen LogP contribution < -0.4 is 14.8 Å². The van der Waals surface area contributed by atoms with Crippen LogP contribution in [0.1, 0.15) is 28.8 Å². The van der Waals surface area contributed by atoms with Gasteiger partial charge >= 0.3 is 5.97 Å². The van der Waals surface area contributed by atoms with Gasteiger partial charge < -0.3 is 24.4 Å². The van der Waals surface area contributed by atoms with Gasteiger partial charge in [0.05, 0.1) is 38.5 Å². The van der Waals surface area contributed by atoms with E-state index in [0.717, 1.165) is 0 Å². The number of nitrogens with one attached hydrogen (secondary N) is 1. The highest BCUT2D eigenvalue weighted by Crippen LogP contribution is 2.35. The molecule has 0 bridgehead atoms. The zero-order valence-corrected chi connectivity index (χ0v) is 19.8. The summed E-state index contributed by atoms with van der Waals surface area (Å²) in [5, 5.41) is 2.81. The predicted octanol–water partition coefficient (Wildman–Crippen LogP) is 2.29. The highest BCUT2D eigenvalue weighted by atomic mass is 32.2. The monoisotopic (exact) mass is 487 g/mol. The first-order valence-corrected chi connectivity index (χ1v) is 12.1. The number of amides is 1. The molecule has 2 aromatic carbocycles. The topological polar surface area (TPSA) is 124 Å². The van der Waals surface area contributed by atoms with Gasteiger partial charge in [-0.05, 0) is 25.0 Å². The minimum atomic E-state index is -3.75. The molecule has 1 amide bonds. The summed E-state index contributed by atoms with van der Waals surface area (Å²) in [5.41, 5.74) is 0.899. The van der Waals surface area contributed by atoms with Crippen molar-refractivity contribution in [3.8, 4) is 11.5 Å². The van der Waals surface area contributed by atoms with Crippen molar-refractivity contribution in [2.75, 3.05) is 39.7 Å². The standard InChI is InChI=1S/C23H25N3O7S/c1-31-18-11-16(23(28)33-3)17(12-19(18)32-2)24-22(27)14-7-6-10-26(13-14)21-15-8-4-5-9-20(15)34(29,30)25-21/h4-5,8-9,11-12,14H,6-7,10,13H2,1-3H3,(H,24,27)/t14-/m1/s1. The Morgan fingerprint density at radius 1 is 1.09 bits per heavy atom. The molecule has 2 aliphatic rings. The number of sulfonamides is 1. The number of rotatable bonds is 5. The van der Waals surface area contributed by atoms with E-state index in [0.29, 0.717) is 42.3 Å². The second-order valence-electron chi connectivity index (χ2n) is 7.90. The minimum Gasteiger partial charge on any atom is -0.493 e. The Hall–Kier alpha value is -3.60. The van der Waals surface area contributed by atoms with E-state index in [9.17, 15) is 18.0 Å². The van der Waals surface area contributed by atoms with E-state index in [1.165, 1.54) is 39.5 Å². The fraction of sp³-hybridized carbons (Fsp3) is 0.348. The van der Waals surface area contributed by atoms with E-state index in [1.54, 1.807) is 18.2 Å². The van der Waals surface area contributed by atoms with Crippen LogP contribution in [0.2, 0.25) is 0 Å². The Labute approximate surface area is 197 Å². The van der Waals surface area contributed by atoms with Crippen LogP contribution in [0.5, 0.6) is 11.5 Å². The summed E-state index contributed by atoms with van der Waals surface area (Å²) in [5.74, 6) is -0.373. The van der Waals surface area contributed by atoms with Crippen molar-refractivity contribution >= 4 is 33.4 Å². The molecule has 10 nitrogen and oxygen atoms in total. The van der Waals surface area contributed by atoms with E-state index < -0.39 is 21.9 Å². The van der Waals surface area contributed by atoms with Crippen molar-refractivity contribution in [2.45, 2.75) is 17.7 Å². The minimum absolute atomic E-state index is 0.126. The largest absolute Gasteiger partial charge is 0.493 e. The van der Waals surface area contributed by atoms with Gasteiger partial charge in [-0.3, -0.25) is 4.79 Å². The van der Waals surface area contributed by atoms with Crippen LogP contribution in [-0.2, 0) is 19.6 Å². The first-order chi connectivity index (χ1) is 16.3. The van der Waals surface area contributed by atoms with E-state index in [-0.39, 0.29) is 28.6 Å². The van der Waals surface area contributed by atoms with E-state index in [4.69, 9.17) is 14.2 Å². The number of anilines is 1. The molecule has 2 heterocycles. The first kappa shape index (κ1) is 23.6. The summed E-state index contributed by atoms with van der Waals surface area (Å²) < 4.78 is 44.3. The average molecular weight is 488 g/mol. The summed E-state index contributed by atoms with van der Waals surface area (Å²) >= 11 is 0. The molecule has 4 rings (SSSR count). The molecule has 1 saturated heterocycles. The number of hydrogen-bond donors (Lipinski definition) is 1. The van der Waals surface area contributed by atoms with Crippen LogP contribution >= 0.6 is 0 Å². The molecule has 0 saturated carbocycles. The lowest BCUT2D eigenvalue weighted by Crippen LogP contribution is -2.43. The lowest BCUT2D eigenvalue weighted by Gasteiger charge is -2.33. The van der Waals surface area contributed by atoms with Crippen LogP contribution in [0.15, 0.2) is 45.7 Å². The predicted molar refractivity (Wildman–Crippen MR) is 124 cm³/mol. The fourth-order valence-corrected chi connectivity index (χ4v) is 5.42. The second kappa shape index (κ2) is 9.34. The Bertz CT molecular complexity index is 1270. The average Bonchev–Trinajstić information content (AvgIpc) is 3.14. The van der Waals surface area contributed by atoms with E-state index in [1.807, 2.05) is 4.90 Å². The molecule has 11 heteroatoms. The molecule has 1 fully saturated rings. The Morgan fingerprint density at radius 3 is 2.50 bits per heavy atom. The molecule has 2 aromatic rings. The summed E-state index contributed by atoms with van der Waals surface area (Å²) in [6.07, 6.45) is 1.28. The SMILES string of the molecule is COC(=O)c1cc(OC)c(OC)cc1NC(=O)[C@@H]1CCCN(C2=NS(=O)(=O)c3ccccc32)C1. The summed E-state index contributed by atoms with van der Waals surface area (Å²) in [6.45, 7) is 0.867. The highest BCUT2D eigenvalue weighted by Gasteiger charge is 2.35. The summed E-state index contributed by atoms with van der Waals surface area (Å²) in [6, 6.07) is 9.61.